The maximum absolute atomic E-state index is 6.33. The molecule has 0 heterocycles. The van der Waals surface area contributed by atoms with Crippen molar-refractivity contribution in [1.82, 2.24) is 9.80 Å². The zero-order valence-electron chi connectivity index (χ0n) is 12.6. The third kappa shape index (κ3) is 5.23. The Balaban J connectivity index is 2.96. The molecule has 0 saturated carbocycles. The van der Waals surface area contributed by atoms with Crippen LogP contribution in [0.2, 0.25) is 10.0 Å². The fourth-order valence-corrected chi connectivity index (χ4v) is 2.71. The SMILES string of the molecule is CCCN(CCN(C)C)C(CN)c1cc(Cl)ccc1Cl. The topological polar surface area (TPSA) is 32.5 Å². The summed E-state index contributed by atoms with van der Waals surface area (Å²) in [5.41, 5.74) is 7.03. The maximum Gasteiger partial charge on any atom is 0.0486 e. The number of nitrogens with two attached hydrogens (primary N) is 1. The van der Waals surface area contributed by atoms with E-state index in [0.29, 0.717) is 11.6 Å². The first-order chi connectivity index (χ1) is 9.49. The van der Waals surface area contributed by atoms with Crippen molar-refractivity contribution in [2.75, 3.05) is 40.3 Å². The largest absolute Gasteiger partial charge is 0.329 e. The minimum Gasteiger partial charge on any atom is -0.329 e. The molecule has 5 heteroatoms. The van der Waals surface area contributed by atoms with Crippen LogP contribution >= 0.6 is 23.2 Å². The molecule has 0 aliphatic carbocycles. The van der Waals surface area contributed by atoms with Gasteiger partial charge in [0.25, 0.3) is 0 Å². The number of nitrogens with zero attached hydrogens (tertiary/aromatic N) is 2. The molecule has 114 valence electrons. The third-order valence-corrected chi connectivity index (χ3v) is 3.91. The molecule has 2 N–H and O–H groups in total. The Kier molecular flexibility index (Phi) is 7.85. The summed E-state index contributed by atoms with van der Waals surface area (Å²) in [4.78, 5) is 4.56. The van der Waals surface area contributed by atoms with E-state index in [1.807, 2.05) is 18.2 Å². The van der Waals surface area contributed by atoms with E-state index in [0.717, 1.165) is 36.6 Å². The van der Waals surface area contributed by atoms with E-state index in [1.165, 1.54) is 0 Å². The third-order valence-electron chi connectivity index (χ3n) is 3.33. The Morgan fingerprint density at radius 3 is 2.40 bits per heavy atom. The first-order valence-corrected chi connectivity index (χ1v) is 7.79. The van der Waals surface area contributed by atoms with Crippen molar-refractivity contribution in [2.45, 2.75) is 19.4 Å². The lowest BCUT2D eigenvalue weighted by Crippen LogP contribution is -2.38. The first kappa shape index (κ1) is 17.7. The molecule has 1 atom stereocenters. The molecule has 1 rings (SSSR count). The zero-order chi connectivity index (χ0) is 15.1. The van der Waals surface area contributed by atoms with E-state index in [-0.39, 0.29) is 6.04 Å². The number of hydrogen-bond donors (Lipinski definition) is 1. The molecule has 0 saturated heterocycles. The van der Waals surface area contributed by atoms with Crippen LogP contribution in [0.25, 0.3) is 0 Å². The molecule has 0 fully saturated rings. The highest BCUT2D eigenvalue weighted by Crippen LogP contribution is 2.29. The van der Waals surface area contributed by atoms with Gasteiger partial charge in [-0.15, -0.1) is 0 Å². The van der Waals surface area contributed by atoms with Gasteiger partial charge in [-0.2, -0.15) is 0 Å². The molecule has 0 aromatic heterocycles. The Labute approximate surface area is 132 Å². The van der Waals surface area contributed by atoms with Crippen LogP contribution < -0.4 is 5.73 Å². The summed E-state index contributed by atoms with van der Waals surface area (Å²) >= 11 is 12.4. The van der Waals surface area contributed by atoms with E-state index in [2.05, 4.69) is 30.8 Å². The van der Waals surface area contributed by atoms with Crippen LogP contribution in [0, 0.1) is 0 Å². The second-order valence-corrected chi connectivity index (χ2v) is 6.10. The minimum atomic E-state index is 0.112. The predicted molar refractivity (Wildman–Crippen MR) is 88.7 cm³/mol. The van der Waals surface area contributed by atoms with Gasteiger partial charge in [-0.1, -0.05) is 30.1 Å². The summed E-state index contributed by atoms with van der Waals surface area (Å²) in [6.45, 7) is 5.67. The molecule has 1 unspecified atom stereocenters. The predicted octanol–water partition coefficient (Wildman–Crippen LogP) is 3.27. The van der Waals surface area contributed by atoms with Crippen LogP contribution in [0.4, 0.5) is 0 Å². The van der Waals surface area contributed by atoms with Gasteiger partial charge in [-0.3, -0.25) is 4.90 Å². The van der Waals surface area contributed by atoms with Crippen LogP contribution in [-0.2, 0) is 0 Å². The molecule has 0 aliphatic rings. The van der Waals surface area contributed by atoms with Gasteiger partial charge in [0.15, 0.2) is 0 Å². The Bertz CT molecular complexity index is 410. The second kappa shape index (κ2) is 8.85. The molecule has 3 nitrogen and oxygen atoms in total. The molecule has 0 aliphatic heterocycles. The van der Waals surface area contributed by atoms with Gasteiger partial charge in [0.1, 0.15) is 0 Å². The Morgan fingerprint density at radius 2 is 1.85 bits per heavy atom. The number of benzene rings is 1. The zero-order valence-corrected chi connectivity index (χ0v) is 14.1. The van der Waals surface area contributed by atoms with Crippen LogP contribution in [-0.4, -0.2) is 50.1 Å². The van der Waals surface area contributed by atoms with E-state index in [9.17, 15) is 0 Å². The molecule has 1 aromatic carbocycles. The van der Waals surface area contributed by atoms with Crippen molar-refractivity contribution < 1.29 is 0 Å². The van der Waals surface area contributed by atoms with E-state index in [4.69, 9.17) is 28.9 Å². The Hall–Kier alpha value is -0.320. The number of rotatable bonds is 8. The number of halogens is 2. The highest BCUT2D eigenvalue weighted by atomic mass is 35.5. The summed E-state index contributed by atoms with van der Waals surface area (Å²) in [6, 6.07) is 5.70. The fourth-order valence-electron chi connectivity index (χ4n) is 2.28. The van der Waals surface area contributed by atoms with Gasteiger partial charge in [0, 0.05) is 35.7 Å². The molecular formula is C15H25Cl2N3. The Morgan fingerprint density at radius 1 is 1.15 bits per heavy atom. The molecule has 0 spiro atoms. The monoisotopic (exact) mass is 317 g/mol. The van der Waals surface area contributed by atoms with Gasteiger partial charge in [0.05, 0.1) is 0 Å². The second-order valence-electron chi connectivity index (χ2n) is 5.26. The van der Waals surface area contributed by atoms with Crippen LogP contribution in [0.5, 0.6) is 0 Å². The van der Waals surface area contributed by atoms with E-state index in [1.54, 1.807) is 0 Å². The average Bonchev–Trinajstić information content (AvgIpc) is 2.40. The smallest absolute Gasteiger partial charge is 0.0486 e. The van der Waals surface area contributed by atoms with Gasteiger partial charge in [0.2, 0.25) is 0 Å². The molecule has 20 heavy (non-hydrogen) atoms. The van der Waals surface area contributed by atoms with Crippen LogP contribution in [0.1, 0.15) is 24.9 Å². The average molecular weight is 318 g/mol. The van der Waals surface area contributed by atoms with Gasteiger partial charge in [-0.25, -0.2) is 0 Å². The number of likely N-dealkylation sites (N-methyl/N-ethyl adjacent to an activating group) is 1. The van der Waals surface area contributed by atoms with Crippen molar-refractivity contribution >= 4 is 23.2 Å². The van der Waals surface area contributed by atoms with Crippen LogP contribution in [0.3, 0.4) is 0 Å². The van der Waals surface area contributed by atoms with Gasteiger partial charge in [-0.05, 0) is 50.8 Å². The summed E-state index contributed by atoms with van der Waals surface area (Å²) in [5, 5.41) is 1.43. The first-order valence-electron chi connectivity index (χ1n) is 7.03. The lowest BCUT2D eigenvalue weighted by atomic mass is 10.0. The molecule has 0 bridgehead atoms. The molecule has 0 radical (unpaired) electrons. The minimum absolute atomic E-state index is 0.112. The molecule has 0 amide bonds. The van der Waals surface area contributed by atoms with Crippen molar-refractivity contribution in [1.29, 1.82) is 0 Å². The van der Waals surface area contributed by atoms with Crippen LogP contribution in [0.15, 0.2) is 18.2 Å². The molecular weight excluding hydrogens is 293 g/mol. The summed E-state index contributed by atoms with van der Waals surface area (Å²) in [5.74, 6) is 0. The highest BCUT2D eigenvalue weighted by molar-refractivity contribution is 6.33. The summed E-state index contributed by atoms with van der Waals surface area (Å²) in [6.07, 6.45) is 1.09. The van der Waals surface area contributed by atoms with Crippen molar-refractivity contribution in [3.63, 3.8) is 0 Å². The lowest BCUT2D eigenvalue weighted by molar-refractivity contribution is 0.182. The summed E-state index contributed by atoms with van der Waals surface area (Å²) < 4.78 is 0. The van der Waals surface area contributed by atoms with Gasteiger partial charge < -0.3 is 10.6 Å². The molecule has 1 aromatic rings. The van der Waals surface area contributed by atoms with Crippen molar-refractivity contribution in [3.8, 4) is 0 Å². The fraction of sp³-hybridized carbons (Fsp3) is 0.600. The quantitative estimate of drug-likeness (QED) is 0.798. The van der Waals surface area contributed by atoms with E-state index >= 15 is 0 Å². The summed E-state index contributed by atoms with van der Waals surface area (Å²) in [7, 11) is 4.15. The highest BCUT2D eigenvalue weighted by Gasteiger charge is 2.21. The standard InChI is InChI=1S/C15H25Cl2N3/c1-4-7-20(9-8-19(2)3)15(11-18)13-10-12(16)5-6-14(13)17/h5-6,10,15H,4,7-9,11,18H2,1-3H3. The van der Waals surface area contributed by atoms with E-state index < -0.39 is 0 Å². The normalized spacial score (nSPS) is 13.2. The number of hydrogen-bond acceptors (Lipinski definition) is 3. The van der Waals surface area contributed by atoms with Crippen molar-refractivity contribution in [2.24, 2.45) is 5.73 Å². The maximum atomic E-state index is 6.33. The van der Waals surface area contributed by atoms with Crippen molar-refractivity contribution in [3.05, 3.63) is 33.8 Å². The lowest BCUT2D eigenvalue weighted by Gasteiger charge is -2.32. The van der Waals surface area contributed by atoms with Gasteiger partial charge >= 0.3 is 0 Å².